The highest BCUT2D eigenvalue weighted by Gasteiger charge is 2.31. The van der Waals surface area contributed by atoms with Gasteiger partial charge in [0.2, 0.25) is 0 Å². The molecule has 1 N–H and O–H groups in total. The average molecular weight is 403 g/mol. The summed E-state index contributed by atoms with van der Waals surface area (Å²) in [5.74, 6) is -0.189. The van der Waals surface area contributed by atoms with E-state index in [2.05, 4.69) is 10.4 Å². The van der Waals surface area contributed by atoms with E-state index in [4.69, 9.17) is 0 Å². The minimum Gasteiger partial charge on any atom is -0.333 e. The van der Waals surface area contributed by atoms with Crippen LogP contribution in [0.3, 0.4) is 0 Å². The number of nitrogens with one attached hydrogen (secondary N) is 1. The summed E-state index contributed by atoms with van der Waals surface area (Å²) < 4.78 is 40.0. The summed E-state index contributed by atoms with van der Waals surface area (Å²) in [6.45, 7) is 4.25. The Bertz CT molecular complexity index is 772. The maximum Gasteiger partial charge on any atom is 0.416 e. The lowest BCUT2D eigenvalue weighted by Crippen LogP contribution is -2.42. The molecule has 1 unspecified atom stereocenters. The van der Waals surface area contributed by atoms with Crippen LogP contribution in [0, 0.1) is 0 Å². The molecule has 1 aromatic heterocycles. The number of halogens is 4. The lowest BCUT2D eigenvalue weighted by Gasteiger charge is -2.27. The van der Waals surface area contributed by atoms with Crippen molar-refractivity contribution in [3.8, 4) is 5.69 Å². The van der Waals surface area contributed by atoms with Gasteiger partial charge in [-0.25, -0.2) is 4.68 Å². The zero-order valence-electron chi connectivity index (χ0n) is 14.9. The van der Waals surface area contributed by atoms with Gasteiger partial charge in [0, 0.05) is 25.3 Å². The Hall–Kier alpha value is -2.06. The summed E-state index contributed by atoms with van der Waals surface area (Å²) in [5, 5.41) is 7.46. The Morgan fingerprint density at radius 1 is 1.37 bits per heavy atom. The number of aromatic nitrogens is 2. The highest BCUT2D eigenvalue weighted by Crippen LogP contribution is 2.30. The minimum atomic E-state index is -4.42. The van der Waals surface area contributed by atoms with Gasteiger partial charge in [0.1, 0.15) is 0 Å². The van der Waals surface area contributed by atoms with Gasteiger partial charge in [-0.1, -0.05) is 13.0 Å². The molecule has 1 atom stereocenters. The SMILES string of the molecule is CCCN(C(=O)c1ccn(-c2cccc(C(F)(F)F)c2)n1)C1CCNC1.Cl. The molecule has 9 heteroatoms. The summed E-state index contributed by atoms with van der Waals surface area (Å²) in [5.41, 5.74) is -0.241. The van der Waals surface area contributed by atoms with Crippen molar-refractivity contribution in [2.24, 2.45) is 0 Å². The van der Waals surface area contributed by atoms with Crippen LogP contribution < -0.4 is 5.32 Å². The predicted molar refractivity (Wildman–Crippen MR) is 98.4 cm³/mol. The van der Waals surface area contributed by atoms with Crippen LogP contribution in [0.1, 0.15) is 35.8 Å². The van der Waals surface area contributed by atoms with Crippen molar-refractivity contribution in [3.63, 3.8) is 0 Å². The van der Waals surface area contributed by atoms with Crippen molar-refractivity contribution >= 4 is 18.3 Å². The molecule has 2 aromatic rings. The second kappa shape index (κ2) is 8.75. The normalized spacial score (nSPS) is 16.8. The number of carbonyl (C=O) groups excluding carboxylic acids is 1. The number of alkyl halides is 3. The van der Waals surface area contributed by atoms with Crippen LogP contribution in [0.15, 0.2) is 36.5 Å². The number of rotatable bonds is 5. The van der Waals surface area contributed by atoms with Crippen molar-refractivity contribution in [1.82, 2.24) is 20.0 Å². The molecule has 1 amide bonds. The zero-order chi connectivity index (χ0) is 18.7. The van der Waals surface area contributed by atoms with Crippen LogP contribution in [0.5, 0.6) is 0 Å². The molecule has 1 aliphatic heterocycles. The van der Waals surface area contributed by atoms with E-state index in [1.807, 2.05) is 6.92 Å². The molecule has 0 radical (unpaired) electrons. The summed E-state index contributed by atoms with van der Waals surface area (Å²) in [6, 6.07) is 6.56. The van der Waals surface area contributed by atoms with Gasteiger partial charge in [0.05, 0.1) is 11.3 Å². The predicted octanol–water partition coefficient (Wildman–Crippen LogP) is 3.53. The molecule has 0 saturated carbocycles. The molecule has 1 aliphatic rings. The van der Waals surface area contributed by atoms with Gasteiger partial charge in [0.15, 0.2) is 5.69 Å². The number of nitrogens with zero attached hydrogens (tertiary/aromatic N) is 3. The quantitative estimate of drug-likeness (QED) is 0.832. The van der Waals surface area contributed by atoms with E-state index >= 15 is 0 Å². The largest absolute Gasteiger partial charge is 0.416 e. The number of benzene rings is 1. The third kappa shape index (κ3) is 4.81. The topological polar surface area (TPSA) is 50.2 Å². The number of hydrogen-bond donors (Lipinski definition) is 1. The molecule has 27 heavy (non-hydrogen) atoms. The van der Waals surface area contributed by atoms with E-state index in [-0.39, 0.29) is 35.7 Å². The first-order valence-corrected chi connectivity index (χ1v) is 8.65. The standard InChI is InChI=1S/C18H21F3N4O.ClH/c1-2-9-24(15-6-8-22-12-15)17(26)16-7-10-25(23-16)14-5-3-4-13(11-14)18(19,20)21;/h3-5,7,10-11,15,22H,2,6,8-9,12H2,1H3;1H. The van der Waals surface area contributed by atoms with Crippen LogP contribution in [0.25, 0.3) is 5.69 Å². The van der Waals surface area contributed by atoms with Crippen LogP contribution in [0.2, 0.25) is 0 Å². The fraction of sp³-hybridized carbons (Fsp3) is 0.444. The molecule has 0 spiro atoms. The minimum absolute atomic E-state index is 0. The average Bonchev–Trinajstić information content (AvgIpc) is 3.30. The second-order valence-corrected chi connectivity index (χ2v) is 6.34. The second-order valence-electron chi connectivity index (χ2n) is 6.34. The Labute approximate surface area is 161 Å². The molecule has 1 fully saturated rings. The highest BCUT2D eigenvalue weighted by molar-refractivity contribution is 5.92. The van der Waals surface area contributed by atoms with E-state index < -0.39 is 11.7 Å². The van der Waals surface area contributed by atoms with E-state index in [0.717, 1.165) is 38.1 Å². The fourth-order valence-corrected chi connectivity index (χ4v) is 3.15. The monoisotopic (exact) mass is 402 g/mol. The molecule has 3 rings (SSSR count). The lowest BCUT2D eigenvalue weighted by atomic mass is 10.2. The Balaban J connectivity index is 0.00000261. The number of carbonyl (C=O) groups is 1. The third-order valence-corrected chi connectivity index (χ3v) is 4.45. The first-order chi connectivity index (χ1) is 12.4. The van der Waals surface area contributed by atoms with E-state index in [0.29, 0.717) is 6.54 Å². The van der Waals surface area contributed by atoms with Crippen LogP contribution >= 0.6 is 12.4 Å². The van der Waals surface area contributed by atoms with E-state index in [1.165, 1.54) is 23.0 Å². The zero-order valence-corrected chi connectivity index (χ0v) is 15.7. The van der Waals surface area contributed by atoms with Gasteiger partial charge < -0.3 is 10.2 Å². The van der Waals surface area contributed by atoms with Gasteiger partial charge in [0.25, 0.3) is 5.91 Å². The Morgan fingerprint density at radius 3 is 2.78 bits per heavy atom. The highest BCUT2D eigenvalue weighted by atomic mass is 35.5. The molecule has 0 bridgehead atoms. The molecule has 1 saturated heterocycles. The smallest absolute Gasteiger partial charge is 0.333 e. The Kier molecular flexibility index (Phi) is 6.89. The Morgan fingerprint density at radius 2 is 2.15 bits per heavy atom. The number of amides is 1. The summed E-state index contributed by atoms with van der Waals surface area (Å²) in [4.78, 5) is 14.6. The maximum absolute atomic E-state index is 12.9. The first kappa shape index (κ1) is 21.2. The molecular weight excluding hydrogens is 381 g/mol. The third-order valence-electron chi connectivity index (χ3n) is 4.45. The first-order valence-electron chi connectivity index (χ1n) is 8.65. The van der Waals surface area contributed by atoms with Crippen LogP contribution in [-0.2, 0) is 6.18 Å². The van der Waals surface area contributed by atoms with Gasteiger partial charge in [-0.05, 0) is 43.7 Å². The molecule has 2 heterocycles. The maximum atomic E-state index is 12.9. The molecule has 5 nitrogen and oxygen atoms in total. The van der Waals surface area contributed by atoms with Gasteiger partial charge in [-0.15, -0.1) is 12.4 Å². The van der Waals surface area contributed by atoms with E-state index in [9.17, 15) is 18.0 Å². The summed E-state index contributed by atoms with van der Waals surface area (Å²) in [7, 11) is 0. The lowest BCUT2D eigenvalue weighted by molar-refractivity contribution is -0.137. The van der Waals surface area contributed by atoms with Crippen molar-refractivity contribution in [2.75, 3.05) is 19.6 Å². The fourth-order valence-electron chi connectivity index (χ4n) is 3.15. The summed E-state index contributed by atoms with van der Waals surface area (Å²) in [6.07, 6.45) is -1.19. The van der Waals surface area contributed by atoms with Crippen molar-refractivity contribution in [1.29, 1.82) is 0 Å². The molecule has 0 aliphatic carbocycles. The van der Waals surface area contributed by atoms with Crippen molar-refractivity contribution in [2.45, 2.75) is 32.0 Å². The van der Waals surface area contributed by atoms with Gasteiger partial charge in [-0.2, -0.15) is 18.3 Å². The van der Waals surface area contributed by atoms with Gasteiger partial charge >= 0.3 is 6.18 Å². The molecule has 1 aromatic carbocycles. The van der Waals surface area contributed by atoms with Gasteiger partial charge in [-0.3, -0.25) is 4.79 Å². The summed E-state index contributed by atoms with van der Waals surface area (Å²) >= 11 is 0. The van der Waals surface area contributed by atoms with E-state index in [1.54, 1.807) is 11.0 Å². The number of hydrogen-bond acceptors (Lipinski definition) is 3. The molecular formula is C18H22ClF3N4O. The molecule has 148 valence electrons. The van der Waals surface area contributed by atoms with Crippen molar-refractivity contribution in [3.05, 3.63) is 47.8 Å². The van der Waals surface area contributed by atoms with Crippen LogP contribution in [-0.4, -0.2) is 46.3 Å². The van der Waals surface area contributed by atoms with Crippen LogP contribution in [0.4, 0.5) is 13.2 Å². The van der Waals surface area contributed by atoms with Crippen molar-refractivity contribution < 1.29 is 18.0 Å².